The van der Waals surface area contributed by atoms with Crippen LogP contribution >= 0.6 is 0 Å². The van der Waals surface area contributed by atoms with Crippen molar-refractivity contribution in [2.75, 3.05) is 11.9 Å². The van der Waals surface area contributed by atoms with Gasteiger partial charge in [-0.15, -0.1) is 0 Å². The highest BCUT2D eigenvalue weighted by Crippen LogP contribution is 2.17. The molecule has 6 nitrogen and oxygen atoms in total. The molecule has 0 saturated heterocycles. The minimum absolute atomic E-state index is 0.105. The Morgan fingerprint density at radius 3 is 2.44 bits per heavy atom. The fourth-order valence-electron chi connectivity index (χ4n) is 2.85. The van der Waals surface area contributed by atoms with E-state index >= 15 is 0 Å². The summed E-state index contributed by atoms with van der Waals surface area (Å²) in [4.78, 5) is 24.3. The molecule has 0 radical (unpaired) electrons. The van der Waals surface area contributed by atoms with Crippen molar-refractivity contribution in [3.8, 4) is 0 Å². The maximum atomic E-state index is 12.4. The summed E-state index contributed by atoms with van der Waals surface area (Å²) in [5.74, 6) is 0.0392. The number of aryl methyl sites for hydroxylation is 1. The third-order valence-electron chi connectivity index (χ3n) is 4.25. The predicted molar refractivity (Wildman–Crippen MR) is 106 cm³/mol. The molecule has 1 aromatic carbocycles. The minimum atomic E-state index is -0.349. The first-order chi connectivity index (χ1) is 12.8. The first-order valence-electron chi connectivity index (χ1n) is 9.41. The average Bonchev–Trinajstić information content (AvgIpc) is 2.87. The smallest absolute Gasteiger partial charge is 0.338 e. The van der Waals surface area contributed by atoms with Crippen molar-refractivity contribution in [2.45, 2.75) is 54.0 Å². The molecule has 0 bridgehead atoms. The van der Waals surface area contributed by atoms with Gasteiger partial charge in [-0.1, -0.05) is 20.8 Å². The summed E-state index contributed by atoms with van der Waals surface area (Å²) in [6.07, 6.45) is 1.06. The van der Waals surface area contributed by atoms with Gasteiger partial charge in [0.1, 0.15) is 0 Å². The van der Waals surface area contributed by atoms with Crippen LogP contribution in [0.1, 0.15) is 54.5 Å². The summed E-state index contributed by atoms with van der Waals surface area (Å²) in [6, 6.07) is 6.74. The van der Waals surface area contributed by atoms with Gasteiger partial charge in [0.05, 0.1) is 24.3 Å². The summed E-state index contributed by atoms with van der Waals surface area (Å²) in [5.41, 5.74) is 4.01. The third kappa shape index (κ3) is 5.67. The Hall–Kier alpha value is -2.63. The molecule has 146 valence electrons. The van der Waals surface area contributed by atoms with E-state index in [4.69, 9.17) is 4.74 Å². The number of esters is 1. The Morgan fingerprint density at radius 1 is 1.19 bits per heavy atom. The number of rotatable bonds is 8. The van der Waals surface area contributed by atoms with Crippen LogP contribution in [-0.2, 0) is 22.5 Å². The first-order valence-corrected chi connectivity index (χ1v) is 9.41. The van der Waals surface area contributed by atoms with E-state index in [2.05, 4.69) is 24.3 Å². The van der Waals surface area contributed by atoms with Crippen LogP contribution in [0.4, 0.5) is 5.69 Å². The van der Waals surface area contributed by atoms with Crippen LogP contribution in [0.15, 0.2) is 24.3 Å². The molecule has 6 heteroatoms. The molecule has 0 aliphatic carbocycles. The molecule has 1 amide bonds. The largest absolute Gasteiger partial charge is 0.462 e. The second-order valence-electron chi connectivity index (χ2n) is 7.16. The van der Waals surface area contributed by atoms with Crippen LogP contribution in [0, 0.1) is 19.8 Å². The van der Waals surface area contributed by atoms with Crippen molar-refractivity contribution in [3.05, 3.63) is 46.8 Å². The van der Waals surface area contributed by atoms with Crippen LogP contribution in [0.5, 0.6) is 0 Å². The van der Waals surface area contributed by atoms with Crippen LogP contribution in [0.25, 0.3) is 0 Å². The van der Waals surface area contributed by atoms with Crippen molar-refractivity contribution >= 4 is 17.6 Å². The van der Waals surface area contributed by atoms with Crippen LogP contribution in [0.2, 0.25) is 0 Å². The highest BCUT2D eigenvalue weighted by atomic mass is 16.5. The van der Waals surface area contributed by atoms with Crippen molar-refractivity contribution in [3.63, 3.8) is 0 Å². The van der Waals surface area contributed by atoms with Gasteiger partial charge in [-0.05, 0) is 50.5 Å². The van der Waals surface area contributed by atoms with Crippen LogP contribution < -0.4 is 5.32 Å². The standard InChI is InChI=1S/C21H29N3O3/c1-6-11-27-21(26)17-7-9-18(10-8-17)22-20(25)12-19-15(4)23-24(16(19)5)13-14(2)3/h7-10,14H,6,11-13H2,1-5H3,(H,22,25). The lowest BCUT2D eigenvalue weighted by molar-refractivity contribution is -0.115. The summed E-state index contributed by atoms with van der Waals surface area (Å²) in [6.45, 7) is 11.4. The first kappa shape index (κ1) is 20.7. The lowest BCUT2D eigenvalue weighted by atomic mass is 10.1. The maximum Gasteiger partial charge on any atom is 0.338 e. The molecule has 1 N–H and O–H groups in total. The number of hydrogen-bond acceptors (Lipinski definition) is 4. The van der Waals surface area contributed by atoms with Gasteiger partial charge in [0, 0.05) is 23.5 Å². The Labute approximate surface area is 160 Å². The Balaban J connectivity index is 2.00. The number of amides is 1. The Kier molecular flexibility index (Phi) is 7.16. The van der Waals surface area contributed by atoms with Crippen molar-refractivity contribution in [2.24, 2.45) is 5.92 Å². The second kappa shape index (κ2) is 9.35. The number of hydrogen-bond donors (Lipinski definition) is 1. The quantitative estimate of drug-likeness (QED) is 0.714. The van der Waals surface area contributed by atoms with E-state index in [-0.39, 0.29) is 18.3 Å². The molecular formula is C21H29N3O3. The molecular weight excluding hydrogens is 342 g/mol. The van der Waals surface area contributed by atoms with Crippen molar-refractivity contribution in [1.29, 1.82) is 0 Å². The van der Waals surface area contributed by atoms with Gasteiger partial charge in [0.25, 0.3) is 0 Å². The zero-order valence-electron chi connectivity index (χ0n) is 16.8. The van der Waals surface area contributed by atoms with Gasteiger partial charge >= 0.3 is 5.97 Å². The van der Waals surface area contributed by atoms with Gasteiger partial charge in [-0.25, -0.2) is 4.79 Å². The van der Waals surface area contributed by atoms with E-state index in [0.717, 1.165) is 29.9 Å². The zero-order valence-corrected chi connectivity index (χ0v) is 16.8. The third-order valence-corrected chi connectivity index (χ3v) is 4.25. The molecule has 0 saturated carbocycles. The van der Waals surface area contributed by atoms with E-state index in [1.54, 1.807) is 24.3 Å². The summed E-state index contributed by atoms with van der Waals surface area (Å²) >= 11 is 0. The molecule has 1 heterocycles. The highest BCUT2D eigenvalue weighted by Gasteiger charge is 2.16. The molecule has 0 aliphatic rings. The molecule has 0 aliphatic heterocycles. The molecule has 0 fully saturated rings. The average molecular weight is 371 g/mol. The van der Waals surface area contributed by atoms with E-state index in [0.29, 0.717) is 23.8 Å². The fraction of sp³-hybridized carbons (Fsp3) is 0.476. The molecule has 2 rings (SSSR count). The lowest BCUT2D eigenvalue weighted by Gasteiger charge is -2.09. The van der Waals surface area contributed by atoms with Gasteiger partial charge in [-0.2, -0.15) is 5.10 Å². The number of carbonyl (C=O) groups excluding carboxylic acids is 2. The summed E-state index contributed by atoms with van der Waals surface area (Å²) in [5, 5.41) is 7.43. The number of ether oxygens (including phenoxy) is 1. The predicted octanol–water partition coefficient (Wildman–Crippen LogP) is 3.90. The Bertz CT molecular complexity index is 792. The van der Waals surface area contributed by atoms with E-state index < -0.39 is 0 Å². The zero-order chi connectivity index (χ0) is 20.0. The number of nitrogens with one attached hydrogen (secondary N) is 1. The normalized spacial score (nSPS) is 10.9. The van der Waals surface area contributed by atoms with Crippen LogP contribution in [0.3, 0.4) is 0 Å². The fourth-order valence-corrected chi connectivity index (χ4v) is 2.85. The number of benzene rings is 1. The monoisotopic (exact) mass is 371 g/mol. The molecule has 2 aromatic rings. The minimum Gasteiger partial charge on any atom is -0.462 e. The number of aromatic nitrogens is 2. The number of anilines is 1. The van der Waals surface area contributed by atoms with Crippen LogP contribution in [-0.4, -0.2) is 28.3 Å². The number of carbonyl (C=O) groups is 2. The van der Waals surface area contributed by atoms with E-state index in [9.17, 15) is 9.59 Å². The molecule has 0 atom stereocenters. The molecule has 0 unspecified atom stereocenters. The maximum absolute atomic E-state index is 12.4. The summed E-state index contributed by atoms with van der Waals surface area (Å²) in [7, 11) is 0. The van der Waals surface area contributed by atoms with Crippen molar-refractivity contribution < 1.29 is 14.3 Å². The van der Waals surface area contributed by atoms with Crippen molar-refractivity contribution in [1.82, 2.24) is 9.78 Å². The highest BCUT2D eigenvalue weighted by molar-refractivity contribution is 5.94. The lowest BCUT2D eigenvalue weighted by Crippen LogP contribution is -2.16. The summed E-state index contributed by atoms with van der Waals surface area (Å²) < 4.78 is 7.07. The Morgan fingerprint density at radius 2 is 1.85 bits per heavy atom. The van der Waals surface area contributed by atoms with Gasteiger partial charge in [0.2, 0.25) is 5.91 Å². The molecule has 0 spiro atoms. The van der Waals surface area contributed by atoms with E-state index in [1.165, 1.54) is 0 Å². The molecule has 1 aromatic heterocycles. The topological polar surface area (TPSA) is 73.2 Å². The van der Waals surface area contributed by atoms with Gasteiger partial charge < -0.3 is 10.1 Å². The second-order valence-corrected chi connectivity index (χ2v) is 7.16. The molecule has 27 heavy (non-hydrogen) atoms. The van der Waals surface area contributed by atoms with Gasteiger partial charge in [-0.3, -0.25) is 9.48 Å². The SMILES string of the molecule is CCCOC(=O)c1ccc(NC(=O)Cc2c(C)nn(CC(C)C)c2C)cc1. The van der Waals surface area contributed by atoms with E-state index in [1.807, 2.05) is 25.5 Å². The number of nitrogens with zero attached hydrogens (tertiary/aromatic N) is 2. The van der Waals surface area contributed by atoms with Gasteiger partial charge in [0.15, 0.2) is 0 Å².